The summed E-state index contributed by atoms with van der Waals surface area (Å²) in [6.07, 6.45) is 5.37. The number of non-ortho nitro benzene ring substituents is 1. The predicted octanol–water partition coefficient (Wildman–Crippen LogP) is 5.17. The van der Waals surface area contributed by atoms with Crippen LogP contribution in [0, 0.1) is 17.0 Å². The quantitative estimate of drug-likeness (QED) is 0.469. The van der Waals surface area contributed by atoms with Crippen LogP contribution in [0.15, 0.2) is 48.5 Å². The standard InChI is InChI=1S/C24H24N4O3/c1-15-7-9-16(10-8-15)21-20-22(26-25-21)24(29)27(18-5-3-2-4-6-18)23(20)17-11-13-19(14-12-17)28(30)31/h7-14,18,23H,2-6H2,1H3,(H,25,26). The summed E-state index contributed by atoms with van der Waals surface area (Å²) >= 11 is 0. The molecular weight excluding hydrogens is 392 g/mol. The maximum absolute atomic E-state index is 13.5. The normalized spacial score (nSPS) is 18.9. The molecule has 1 aliphatic heterocycles. The van der Waals surface area contributed by atoms with Crippen LogP contribution in [0.4, 0.5) is 5.69 Å². The predicted molar refractivity (Wildman–Crippen MR) is 117 cm³/mol. The molecule has 1 aliphatic carbocycles. The fourth-order valence-corrected chi connectivity index (χ4v) is 4.94. The van der Waals surface area contributed by atoms with Crippen LogP contribution in [-0.2, 0) is 0 Å². The smallest absolute Gasteiger partial charge is 0.273 e. The first-order valence-electron chi connectivity index (χ1n) is 10.8. The molecular formula is C24H24N4O3. The zero-order chi connectivity index (χ0) is 21.5. The molecule has 2 aliphatic rings. The summed E-state index contributed by atoms with van der Waals surface area (Å²) in [6, 6.07) is 14.5. The molecule has 5 rings (SSSR count). The molecule has 31 heavy (non-hydrogen) atoms. The number of nitro groups is 1. The highest BCUT2D eigenvalue weighted by atomic mass is 16.6. The Morgan fingerprint density at radius 3 is 2.35 bits per heavy atom. The van der Waals surface area contributed by atoms with Crippen molar-refractivity contribution in [2.24, 2.45) is 0 Å². The lowest BCUT2D eigenvalue weighted by molar-refractivity contribution is -0.384. The molecule has 2 aromatic carbocycles. The monoisotopic (exact) mass is 416 g/mol. The fraction of sp³-hybridized carbons (Fsp3) is 0.333. The summed E-state index contributed by atoms with van der Waals surface area (Å²) in [7, 11) is 0. The Labute approximate surface area is 180 Å². The average Bonchev–Trinajstić information content (AvgIpc) is 3.34. The van der Waals surface area contributed by atoms with E-state index in [0.29, 0.717) is 5.69 Å². The van der Waals surface area contributed by atoms with Crippen molar-refractivity contribution in [3.63, 3.8) is 0 Å². The van der Waals surface area contributed by atoms with E-state index in [-0.39, 0.29) is 23.7 Å². The first-order chi connectivity index (χ1) is 15.0. The van der Waals surface area contributed by atoms with E-state index >= 15 is 0 Å². The van der Waals surface area contributed by atoms with E-state index in [1.54, 1.807) is 12.1 Å². The SMILES string of the molecule is Cc1ccc(-c2n[nH]c3c2C(c2ccc([N+](=O)[O-])cc2)N(C2CCCCC2)C3=O)cc1. The highest BCUT2D eigenvalue weighted by molar-refractivity contribution is 6.00. The molecule has 1 saturated carbocycles. The van der Waals surface area contributed by atoms with Crippen molar-refractivity contribution < 1.29 is 9.72 Å². The highest BCUT2D eigenvalue weighted by Crippen LogP contribution is 2.45. The van der Waals surface area contributed by atoms with Crippen LogP contribution in [0.1, 0.15) is 65.3 Å². The molecule has 0 bridgehead atoms. The Morgan fingerprint density at radius 2 is 1.71 bits per heavy atom. The van der Waals surface area contributed by atoms with Crippen molar-refractivity contribution in [2.75, 3.05) is 0 Å². The molecule has 2 heterocycles. The molecule has 1 N–H and O–H groups in total. The van der Waals surface area contributed by atoms with Crippen LogP contribution >= 0.6 is 0 Å². The van der Waals surface area contributed by atoms with Gasteiger partial charge in [0.2, 0.25) is 0 Å². The summed E-state index contributed by atoms with van der Waals surface area (Å²) in [5.74, 6) is -0.0314. The largest absolute Gasteiger partial charge is 0.323 e. The van der Waals surface area contributed by atoms with Gasteiger partial charge in [0.25, 0.3) is 11.6 Å². The van der Waals surface area contributed by atoms with E-state index in [4.69, 9.17) is 0 Å². The van der Waals surface area contributed by atoms with Crippen LogP contribution in [0.3, 0.4) is 0 Å². The maximum atomic E-state index is 13.5. The summed E-state index contributed by atoms with van der Waals surface area (Å²) in [5, 5.41) is 18.7. The van der Waals surface area contributed by atoms with E-state index < -0.39 is 4.92 Å². The number of nitrogens with zero attached hydrogens (tertiary/aromatic N) is 3. The summed E-state index contributed by atoms with van der Waals surface area (Å²) in [4.78, 5) is 26.2. The molecule has 7 nitrogen and oxygen atoms in total. The van der Waals surface area contributed by atoms with E-state index in [0.717, 1.165) is 53.6 Å². The average molecular weight is 416 g/mol. The number of nitro benzene ring substituents is 1. The van der Waals surface area contributed by atoms with Crippen molar-refractivity contribution in [1.29, 1.82) is 0 Å². The Bertz CT molecular complexity index is 1130. The number of H-pyrrole nitrogens is 1. The zero-order valence-electron chi connectivity index (χ0n) is 17.4. The number of aromatic amines is 1. The van der Waals surface area contributed by atoms with Crippen molar-refractivity contribution in [3.8, 4) is 11.3 Å². The van der Waals surface area contributed by atoms with Gasteiger partial charge in [-0.15, -0.1) is 0 Å². The number of hydrogen-bond donors (Lipinski definition) is 1. The van der Waals surface area contributed by atoms with E-state index in [1.165, 1.54) is 18.6 Å². The third kappa shape index (κ3) is 3.30. The van der Waals surface area contributed by atoms with Gasteiger partial charge in [-0.2, -0.15) is 5.10 Å². The molecule has 0 saturated heterocycles. The number of nitrogens with one attached hydrogen (secondary N) is 1. The highest BCUT2D eigenvalue weighted by Gasteiger charge is 2.45. The first-order valence-corrected chi connectivity index (χ1v) is 10.8. The van der Waals surface area contributed by atoms with E-state index in [9.17, 15) is 14.9 Å². The van der Waals surface area contributed by atoms with Gasteiger partial charge >= 0.3 is 0 Å². The molecule has 1 fully saturated rings. The Kier molecular flexibility index (Phi) is 4.81. The Balaban J connectivity index is 1.64. The number of amides is 1. The van der Waals surface area contributed by atoms with Crippen LogP contribution in [0.5, 0.6) is 0 Å². The van der Waals surface area contributed by atoms with Crippen LogP contribution in [0.25, 0.3) is 11.3 Å². The number of hydrogen-bond acceptors (Lipinski definition) is 4. The van der Waals surface area contributed by atoms with Gasteiger partial charge in [-0.3, -0.25) is 20.0 Å². The van der Waals surface area contributed by atoms with Crippen molar-refractivity contribution in [1.82, 2.24) is 15.1 Å². The molecule has 0 spiro atoms. The summed E-state index contributed by atoms with van der Waals surface area (Å²) < 4.78 is 0. The van der Waals surface area contributed by atoms with Gasteiger partial charge in [-0.05, 0) is 37.5 Å². The van der Waals surface area contributed by atoms with Gasteiger partial charge in [0, 0.05) is 29.3 Å². The van der Waals surface area contributed by atoms with Crippen molar-refractivity contribution in [3.05, 3.63) is 81.0 Å². The number of aromatic nitrogens is 2. The van der Waals surface area contributed by atoms with Crippen molar-refractivity contribution >= 4 is 11.6 Å². The van der Waals surface area contributed by atoms with E-state index in [2.05, 4.69) is 10.2 Å². The van der Waals surface area contributed by atoms with Gasteiger partial charge < -0.3 is 4.90 Å². The number of benzene rings is 2. The molecule has 1 atom stereocenters. The minimum atomic E-state index is -0.399. The first kappa shape index (κ1) is 19.5. The molecule has 7 heteroatoms. The van der Waals surface area contributed by atoms with Crippen LogP contribution < -0.4 is 0 Å². The molecule has 1 aromatic heterocycles. The second-order valence-electron chi connectivity index (χ2n) is 8.48. The third-order valence-corrected chi connectivity index (χ3v) is 6.52. The minimum Gasteiger partial charge on any atom is -0.323 e. The summed E-state index contributed by atoms with van der Waals surface area (Å²) in [5.41, 5.74) is 5.19. The lowest BCUT2D eigenvalue weighted by Crippen LogP contribution is -2.40. The number of aryl methyl sites for hydroxylation is 1. The number of rotatable bonds is 4. The maximum Gasteiger partial charge on any atom is 0.273 e. The van der Waals surface area contributed by atoms with Crippen LogP contribution in [0.2, 0.25) is 0 Å². The van der Waals surface area contributed by atoms with E-state index in [1.807, 2.05) is 36.1 Å². The lowest BCUT2D eigenvalue weighted by Gasteiger charge is -2.36. The fourth-order valence-electron chi connectivity index (χ4n) is 4.94. The number of carbonyl (C=O) groups is 1. The molecule has 1 unspecified atom stereocenters. The molecule has 1 amide bonds. The van der Waals surface area contributed by atoms with Gasteiger partial charge in [-0.25, -0.2) is 0 Å². The Hall–Kier alpha value is -3.48. The van der Waals surface area contributed by atoms with Crippen LogP contribution in [-0.4, -0.2) is 32.0 Å². The van der Waals surface area contributed by atoms with Crippen molar-refractivity contribution in [2.45, 2.75) is 51.1 Å². The molecule has 0 radical (unpaired) electrons. The number of fused-ring (bicyclic) bond motifs is 1. The minimum absolute atomic E-state index is 0.0314. The van der Waals surface area contributed by atoms with Gasteiger partial charge in [0.15, 0.2) is 0 Å². The Morgan fingerprint density at radius 1 is 1.03 bits per heavy atom. The van der Waals surface area contributed by atoms with Gasteiger partial charge in [-0.1, -0.05) is 49.1 Å². The summed E-state index contributed by atoms with van der Waals surface area (Å²) in [6.45, 7) is 2.03. The zero-order valence-corrected chi connectivity index (χ0v) is 17.4. The lowest BCUT2D eigenvalue weighted by atomic mass is 9.91. The second-order valence-corrected chi connectivity index (χ2v) is 8.48. The second kappa shape index (κ2) is 7.65. The number of carbonyl (C=O) groups excluding carboxylic acids is 1. The third-order valence-electron chi connectivity index (χ3n) is 6.52. The molecule has 3 aromatic rings. The molecule has 158 valence electrons. The van der Waals surface area contributed by atoms with Gasteiger partial charge in [0.1, 0.15) is 5.69 Å². The van der Waals surface area contributed by atoms with Gasteiger partial charge in [0.05, 0.1) is 16.7 Å². The topological polar surface area (TPSA) is 92.1 Å².